The molecule has 0 spiro atoms. The summed E-state index contributed by atoms with van der Waals surface area (Å²) < 4.78 is 33.9. The molecule has 0 bridgehead atoms. The van der Waals surface area contributed by atoms with Crippen molar-refractivity contribution in [3.8, 4) is 0 Å². The number of nitrogens with zero attached hydrogens (tertiary/aromatic N) is 1. The van der Waals surface area contributed by atoms with Crippen LogP contribution in [-0.4, -0.2) is 26.8 Å². The number of hydrogen-bond acceptors (Lipinski definition) is 6. The van der Waals surface area contributed by atoms with Crippen LogP contribution in [0.1, 0.15) is 46.6 Å². The molecule has 0 aromatic heterocycles. The topological polar surface area (TPSA) is 105 Å². The van der Waals surface area contributed by atoms with Crippen molar-refractivity contribution < 1.29 is 23.4 Å². The summed E-state index contributed by atoms with van der Waals surface area (Å²) in [6, 6.07) is 3.03. The van der Waals surface area contributed by atoms with Gasteiger partial charge in [-0.3, -0.25) is 14.9 Å². The van der Waals surface area contributed by atoms with Crippen LogP contribution in [0.25, 0.3) is 0 Å². The lowest BCUT2D eigenvalue weighted by Crippen LogP contribution is -2.51. The molecule has 140 valence electrons. The Bertz CT molecular complexity index is 650. The number of nitro groups is 1. The average molecular weight is 374 g/mol. The molecule has 0 saturated carbocycles. The van der Waals surface area contributed by atoms with Gasteiger partial charge in [0.25, 0.3) is 5.69 Å². The van der Waals surface area contributed by atoms with Gasteiger partial charge in [0.1, 0.15) is 10.6 Å². The van der Waals surface area contributed by atoms with Crippen LogP contribution in [-0.2, 0) is 26.4 Å². The quantitative estimate of drug-likeness (QED) is 0.340. The van der Waals surface area contributed by atoms with E-state index in [0.717, 1.165) is 18.2 Å². The molecule has 2 atom stereocenters. The maximum atomic E-state index is 14.4. The third-order valence-electron chi connectivity index (χ3n) is 3.43. The summed E-state index contributed by atoms with van der Waals surface area (Å²) in [4.78, 5) is 22.3. The van der Waals surface area contributed by atoms with E-state index in [1.54, 1.807) is 27.7 Å². The Morgan fingerprint density at radius 3 is 2.44 bits per heavy atom. The van der Waals surface area contributed by atoms with Crippen LogP contribution >= 0.6 is 0 Å². The SMILES string of the molecule is CCOC(=O)CC(C)(N[S+]([O-])C(C)(C)C)c1cc([N+](=O)[O-])ccc1F. The fraction of sp³-hybridized carbons (Fsp3) is 0.562. The van der Waals surface area contributed by atoms with E-state index in [1.165, 1.54) is 6.92 Å². The molecule has 0 aliphatic heterocycles. The van der Waals surface area contributed by atoms with Crippen LogP contribution in [0.15, 0.2) is 18.2 Å². The van der Waals surface area contributed by atoms with Crippen LogP contribution in [0.5, 0.6) is 0 Å². The number of esters is 1. The van der Waals surface area contributed by atoms with Gasteiger partial charge in [0.15, 0.2) is 0 Å². The van der Waals surface area contributed by atoms with E-state index in [0.29, 0.717) is 0 Å². The molecule has 1 N–H and O–H groups in total. The Balaban J connectivity index is 3.37. The predicted molar refractivity (Wildman–Crippen MR) is 92.7 cm³/mol. The van der Waals surface area contributed by atoms with Crippen molar-refractivity contribution >= 4 is 23.0 Å². The number of nitro benzene ring substituents is 1. The van der Waals surface area contributed by atoms with Crippen molar-refractivity contribution in [1.29, 1.82) is 0 Å². The van der Waals surface area contributed by atoms with Crippen molar-refractivity contribution in [1.82, 2.24) is 4.72 Å². The first-order valence-corrected chi connectivity index (χ1v) is 8.85. The number of hydrogen-bond donors (Lipinski definition) is 1. The number of benzene rings is 1. The fourth-order valence-corrected chi connectivity index (χ4v) is 2.99. The number of halogens is 1. The Hall–Kier alpha value is -1.71. The lowest BCUT2D eigenvalue weighted by atomic mass is 9.89. The van der Waals surface area contributed by atoms with Gasteiger partial charge in [0.2, 0.25) is 0 Å². The summed E-state index contributed by atoms with van der Waals surface area (Å²) in [5.41, 5.74) is -1.89. The highest BCUT2D eigenvalue weighted by molar-refractivity contribution is 7.90. The minimum Gasteiger partial charge on any atom is -0.598 e. The zero-order valence-electron chi connectivity index (χ0n) is 14.9. The van der Waals surface area contributed by atoms with Gasteiger partial charge in [-0.15, -0.1) is 4.72 Å². The monoisotopic (exact) mass is 374 g/mol. The van der Waals surface area contributed by atoms with E-state index in [4.69, 9.17) is 4.74 Å². The second kappa shape index (κ2) is 8.11. The predicted octanol–water partition coefficient (Wildman–Crippen LogP) is 2.95. The molecule has 1 aromatic rings. The Labute approximate surface area is 149 Å². The molecular formula is C16H23FN2O5S. The van der Waals surface area contributed by atoms with E-state index in [2.05, 4.69) is 4.72 Å². The van der Waals surface area contributed by atoms with Crippen LogP contribution < -0.4 is 4.72 Å². The number of nitrogens with one attached hydrogen (secondary N) is 1. The Morgan fingerprint density at radius 2 is 1.96 bits per heavy atom. The van der Waals surface area contributed by atoms with Crippen LogP contribution in [0, 0.1) is 15.9 Å². The number of non-ortho nitro benzene ring substituents is 1. The second-order valence-corrected chi connectivity index (χ2v) is 8.68. The maximum Gasteiger partial charge on any atom is 0.308 e. The zero-order valence-corrected chi connectivity index (χ0v) is 15.7. The molecule has 25 heavy (non-hydrogen) atoms. The first kappa shape index (κ1) is 21.3. The summed E-state index contributed by atoms with van der Waals surface area (Å²) >= 11 is -1.65. The molecule has 1 rings (SSSR count). The highest BCUT2D eigenvalue weighted by atomic mass is 32.2. The van der Waals surface area contributed by atoms with Gasteiger partial charge in [-0.1, -0.05) is 0 Å². The molecule has 0 saturated heterocycles. The molecule has 0 fully saturated rings. The largest absolute Gasteiger partial charge is 0.598 e. The molecular weight excluding hydrogens is 351 g/mol. The van der Waals surface area contributed by atoms with E-state index in [1.807, 2.05) is 0 Å². The molecule has 0 aliphatic carbocycles. The molecule has 2 unspecified atom stereocenters. The molecule has 0 amide bonds. The summed E-state index contributed by atoms with van der Waals surface area (Å²) in [5, 5.41) is 11.0. The van der Waals surface area contributed by atoms with Gasteiger partial charge in [-0.25, -0.2) is 4.39 Å². The molecule has 9 heteroatoms. The maximum absolute atomic E-state index is 14.4. The third-order valence-corrected chi connectivity index (χ3v) is 5.18. The van der Waals surface area contributed by atoms with Crippen LogP contribution in [0.4, 0.5) is 10.1 Å². The van der Waals surface area contributed by atoms with Gasteiger partial charge in [0, 0.05) is 29.1 Å². The van der Waals surface area contributed by atoms with E-state index in [-0.39, 0.29) is 24.3 Å². The Morgan fingerprint density at radius 1 is 1.36 bits per heavy atom. The lowest BCUT2D eigenvalue weighted by molar-refractivity contribution is -0.385. The van der Waals surface area contributed by atoms with Crippen molar-refractivity contribution in [2.45, 2.75) is 51.3 Å². The lowest BCUT2D eigenvalue weighted by Gasteiger charge is -2.34. The van der Waals surface area contributed by atoms with Crippen LogP contribution in [0.2, 0.25) is 0 Å². The summed E-state index contributed by atoms with van der Waals surface area (Å²) in [7, 11) is 0. The normalized spacial score (nSPS) is 15.3. The molecule has 7 nitrogen and oxygen atoms in total. The van der Waals surface area contributed by atoms with E-state index >= 15 is 0 Å². The highest BCUT2D eigenvalue weighted by Gasteiger charge is 2.41. The van der Waals surface area contributed by atoms with Crippen molar-refractivity contribution in [3.63, 3.8) is 0 Å². The summed E-state index contributed by atoms with van der Waals surface area (Å²) in [5.74, 6) is -1.37. The molecule has 0 heterocycles. The Kier molecular flexibility index (Phi) is 6.92. The number of carbonyl (C=O) groups is 1. The summed E-state index contributed by atoms with van der Waals surface area (Å²) in [6.07, 6.45) is -0.333. The molecule has 0 radical (unpaired) electrons. The zero-order chi connectivity index (χ0) is 19.4. The smallest absolute Gasteiger partial charge is 0.308 e. The second-order valence-electron chi connectivity index (χ2n) is 6.72. The molecule has 1 aromatic carbocycles. The standard InChI is InChI=1S/C16H23FN2O5S/c1-6-24-14(20)10-16(5,18-25(23)15(2,3)4)12-9-11(19(21)22)7-8-13(12)17/h7-9,18H,6,10H2,1-5H3. The third kappa shape index (κ3) is 5.65. The minimum absolute atomic E-state index is 0.118. The van der Waals surface area contributed by atoms with E-state index < -0.39 is 38.4 Å². The van der Waals surface area contributed by atoms with Crippen molar-refractivity contribution in [2.24, 2.45) is 0 Å². The van der Waals surface area contributed by atoms with Gasteiger partial charge in [0.05, 0.1) is 23.5 Å². The number of carbonyl (C=O) groups excluding carboxylic acids is 1. The van der Waals surface area contributed by atoms with Crippen molar-refractivity contribution in [3.05, 3.63) is 39.7 Å². The first-order chi connectivity index (χ1) is 11.4. The fourth-order valence-electron chi connectivity index (χ4n) is 2.09. The van der Waals surface area contributed by atoms with Gasteiger partial charge < -0.3 is 9.29 Å². The van der Waals surface area contributed by atoms with Gasteiger partial charge in [-0.2, -0.15) is 0 Å². The molecule has 0 aliphatic rings. The average Bonchev–Trinajstić information content (AvgIpc) is 2.46. The summed E-state index contributed by atoms with van der Waals surface area (Å²) in [6.45, 7) is 8.37. The van der Waals surface area contributed by atoms with Crippen molar-refractivity contribution in [2.75, 3.05) is 6.61 Å². The number of ether oxygens (including phenoxy) is 1. The first-order valence-electron chi connectivity index (χ1n) is 7.70. The van der Waals surface area contributed by atoms with Gasteiger partial charge in [-0.05, 0) is 40.7 Å². The number of rotatable bonds is 7. The highest BCUT2D eigenvalue weighted by Crippen LogP contribution is 2.33. The van der Waals surface area contributed by atoms with Crippen LogP contribution in [0.3, 0.4) is 0 Å². The van der Waals surface area contributed by atoms with Gasteiger partial charge >= 0.3 is 5.97 Å². The minimum atomic E-state index is -1.65. The van der Waals surface area contributed by atoms with E-state index in [9.17, 15) is 23.9 Å².